The lowest BCUT2D eigenvalue weighted by Crippen LogP contribution is -2.28. The molecule has 0 bridgehead atoms. The average molecular weight is 216 g/mol. The van der Waals surface area contributed by atoms with E-state index in [1.54, 1.807) is 0 Å². The van der Waals surface area contributed by atoms with Gasteiger partial charge < -0.3 is 10.2 Å². The van der Waals surface area contributed by atoms with Gasteiger partial charge in [-0.15, -0.1) is 0 Å². The lowest BCUT2D eigenvalue weighted by molar-refractivity contribution is -0.151. The minimum absolute atomic E-state index is 1.14. The van der Waals surface area contributed by atoms with Crippen LogP contribution in [0.1, 0.15) is 6.42 Å². The molecule has 0 aromatic carbocycles. The van der Waals surface area contributed by atoms with E-state index in [-0.39, 0.29) is 0 Å². The Hall–Kier alpha value is -1.22. The summed E-state index contributed by atoms with van der Waals surface area (Å²) in [4.78, 5) is 20.0. The molecule has 1 unspecified atom stereocenters. The molecule has 0 radical (unpaired) electrons. The highest BCUT2D eigenvalue weighted by Crippen LogP contribution is 2.05. The first-order valence-corrected chi connectivity index (χ1v) is 4.10. The Labute approximate surface area is 72.2 Å². The molecule has 0 amide bonds. The predicted octanol–water partition coefficient (Wildman–Crippen LogP) is -0.855. The maximum atomic E-state index is 11.7. The zero-order chi connectivity index (χ0) is 10.6. The van der Waals surface area contributed by atoms with Gasteiger partial charge in [-0.05, 0) is 0 Å². The third-order valence-electron chi connectivity index (χ3n) is 0.867. The third kappa shape index (κ3) is 5.99. The quantitative estimate of drug-likeness (QED) is 0.574. The first-order valence-electron chi connectivity index (χ1n) is 2.80. The van der Waals surface area contributed by atoms with E-state index in [2.05, 4.69) is 4.18 Å². The Balaban J connectivity index is 4.45. The van der Waals surface area contributed by atoms with Gasteiger partial charge in [0.25, 0.3) is 0 Å². The standard InChI is InChI=1S/C4H5FO7S/c5-13(10,11)12-2(4(8)9)1-3(6)7/h2H,1H2,(H,6,7)(H,8,9). The molecule has 0 aliphatic heterocycles. The van der Waals surface area contributed by atoms with E-state index in [0.717, 1.165) is 0 Å². The van der Waals surface area contributed by atoms with E-state index in [1.807, 2.05) is 0 Å². The van der Waals surface area contributed by atoms with Crippen molar-refractivity contribution in [1.29, 1.82) is 0 Å². The van der Waals surface area contributed by atoms with Crippen LogP contribution in [-0.2, 0) is 24.3 Å². The van der Waals surface area contributed by atoms with Gasteiger partial charge in [-0.2, -0.15) is 8.42 Å². The smallest absolute Gasteiger partial charge is 0.438 e. The van der Waals surface area contributed by atoms with Crippen LogP contribution in [0.2, 0.25) is 0 Å². The number of rotatable bonds is 5. The number of hydrogen-bond donors (Lipinski definition) is 2. The van der Waals surface area contributed by atoms with Gasteiger partial charge in [0.05, 0.1) is 6.42 Å². The van der Waals surface area contributed by atoms with Crippen LogP contribution in [0.4, 0.5) is 3.89 Å². The molecule has 7 nitrogen and oxygen atoms in total. The molecule has 0 fully saturated rings. The summed E-state index contributed by atoms with van der Waals surface area (Å²) in [5.74, 6) is -3.49. The second-order valence-electron chi connectivity index (χ2n) is 1.91. The van der Waals surface area contributed by atoms with Crippen LogP contribution in [-0.4, -0.2) is 36.7 Å². The van der Waals surface area contributed by atoms with Crippen molar-refractivity contribution < 1.29 is 36.3 Å². The maximum Gasteiger partial charge on any atom is 0.438 e. The molecule has 0 aliphatic rings. The first-order chi connectivity index (χ1) is 5.72. The van der Waals surface area contributed by atoms with E-state index < -0.39 is 35.0 Å². The van der Waals surface area contributed by atoms with Gasteiger partial charge in [0.15, 0.2) is 6.10 Å². The Morgan fingerprint density at radius 1 is 1.38 bits per heavy atom. The molecule has 0 aromatic rings. The molecule has 2 N–H and O–H groups in total. The first kappa shape index (κ1) is 11.8. The predicted molar refractivity (Wildman–Crippen MR) is 34.8 cm³/mol. The Morgan fingerprint density at radius 2 is 1.85 bits per heavy atom. The summed E-state index contributed by atoms with van der Waals surface area (Å²) >= 11 is 0. The molecule has 0 saturated heterocycles. The molecule has 9 heteroatoms. The van der Waals surface area contributed by atoms with Crippen LogP contribution >= 0.6 is 0 Å². The molecular weight excluding hydrogens is 211 g/mol. The summed E-state index contributed by atoms with van der Waals surface area (Å²) in [6, 6.07) is 0. The normalized spacial score (nSPS) is 13.6. The summed E-state index contributed by atoms with van der Waals surface area (Å²) in [6.45, 7) is 0. The van der Waals surface area contributed by atoms with Gasteiger partial charge in [0.1, 0.15) is 0 Å². The number of halogens is 1. The Kier molecular flexibility index (Phi) is 3.75. The van der Waals surface area contributed by atoms with Crippen molar-refractivity contribution >= 4 is 22.4 Å². The molecule has 0 heterocycles. The fraction of sp³-hybridized carbons (Fsp3) is 0.500. The lowest BCUT2D eigenvalue weighted by Gasteiger charge is -2.05. The highest BCUT2D eigenvalue weighted by Gasteiger charge is 2.27. The Morgan fingerprint density at radius 3 is 2.08 bits per heavy atom. The van der Waals surface area contributed by atoms with Crippen molar-refractivity contribution in [2.24, 2.45) is 0 Å². The van der Waals surface area contributed by atoms with Gasteiger partial charge in [-0.3, -0.25) is 4.79 Å². The zero-order valence-corrected chi connectivity index (χ0v) is 6.82. The summed E-state index contributed by atoms with van der Waals surface area (Å²) in [5, 5.41) is 16.2. The van der Waals surface area contributed by atoms with Gasteiger partial charge in [0, 0.05) is 0 Å². The van der Waals surface area contributed by atoms with Gasteiger partial charge >= 0.3 is 22.4 Å². The highest BCUT2D eigenvalue weighted by molar-refractivity contribution is 7.81. The van der Waals surface area contributed by atoms with Crippen molar-refractivity contribution in [2.75, 3.05) is 0 Å². The van der Waals surface area contributed by atoms with E-state index in [4.69, 9.17) is 10.2 Å². The number of aliphatic carboxylic acids is 2. The summed E-state index contributed by atoms with van der Waals surface area (Å²) in [5.41, 5.74) is 0. The van der Waals surface area contributed by atoms with E-state index in [9.17, 15) is 21.9 Å². The van der Waals surface area contributed by atoms with Gasteiger partial charge in [-0.1, -0.05) is 3.89 Å². The largest absolute Gasteiger partial charge is 0.481 e. The second kappa shape index (κ2) is 4.14. The fourth-order valence-corrected chi connectivity index (χ4v) is 0.888. The molecule has 0 aliphatic carbocycles. The molecule has 0 spiro atoms. The van der Waals surface area contributed by atoms with Crippen LogP contribution in [0.25, 0.3) is 0 Å². The molecule has 0 saturated carbocycles. The molecule has 13 heavy (non-hydrogen) atoms. The fourth-order valence-electron chi connectivity index (χ4n) is 0.460. The van der Waals surface area contributed by atoms with Crippen LogP contribution in [0.3, 0.4) is 0 Å². The number of hydrogen-bond acceptors (Lipinski definition) is 5. The second-order valence-corrected chi connectivity index (χ2v) is 2.89. The van der Waals surface area contributed by atoms with Crippen molar-refractivity contribution in [3.05, 3.63) is 0 Å². The molecule has 1 atom stereocenters. The monoisotopic (exact) mass is 216 g/mol. The minimum Gasteiger partial charge on any atom is -0.481 e. The topological polar surface area (TPSA) is 118 Å². The van der Waals surface area contributed by atoms with Crippen molar-refractivity contribution in [1.82, 2.24) is 0 Å². The van der Waals surface area contributed by atoms with Crippen LogP contribution in [0, 0.1) is 0 Å². The van der Waals surface area contributed by atoms with E-state index >= 15 is 0 Å². The van der Waals surface area contributed by atoms with Gasteiger partial charge in [0.2, 0.25) is 0 Å². The summed E-state index contributed by atoms with van der Waals surface area (Å²) in [7, 11) is -5.46. The van der Waals surface area contributed by atoms with Crippen LogP contribution < -0.4 is 0 Å². The highest BCUT2D eigenvalue weighted by atomic mass is 32.3. The van der Waals surface area contributed by atoms with Crippen LogP contribution in [0.5, 0.6) is 0 Å². The van der Waals surface area contributed by atoms with Crippen molar-refractivity contribution in [3.63, 3.8) is 0 Å². The summed E-state index contributed by atoms with van der Waals surface area (Å²) < 4.78 is 34.6. The van der Waals surface area contributed by atoms with Crippen molar-refractivity contribution in [3.8, 4) is 0 Å². The SMILES string of the molecule is O=C(O)CC(OS(=O)(=O)F)C(=O)O. The van der Waals surface area contributed by atoms with E-state index in [1.165, 1.54) is 0 Å². The van der Waals surface area contributed by atoms with Gasteiger partial charge in [-0.25, -0.2) is 8.98 Å². The number of carboxylic acids is 2. The molecular formula is C4H5FO7S. The molecule has 76 valence electrons. The van der Waals surface area contributed by atoms with E-state index in [0.29, 0.717) is 0 Å². The number of carboxylic acid groups (broad SMARTS) is 2. The zero-order valence-electron chi connectivity index (χ0n) is 6.01. The minimum atomic E-state index is -5.46. The molecule has 0 rings (SSSR count). The lowest BCUT2D eigenvalue weighted by atomic mass is 10.3. The maximum absolute atomic E-state index is 11.7. The third-order valence-corrected chi connectivity index (χ3v) is 1.33. The number of carbonyl (C=O) groups is 2. The Bertz CT molecular complexity index is 306. The average Bonchev–Trinajstić information content (AvgIpc) is 1.81. The molecule has 0 aromatic heterocycles. The summed E-state index contributed by atoms with van der Waals surface area (Å²) in [6.07, 6.45) is -3.38. The van der Waals surface area contributed by atoms with Crippen molar-refractivity contribution in [2.45, 2.75) is 12.5 Å². The van der Waals surface area contributed by atoms with Crippen LogP contribution in [0.15, 0.2) is 0 Å².